The van der Waals surface area contributed by atoms with Crippen LogP contribution in [0.25, 0.3) is 5.76 Å². The Morgan fingerprint density at radius 2 is 1.65 bits per heavy atom. The zero-order valence-electron chi connectivity index (χ0n) is 22.0. The average Bonchev–Trinajstić information content (AvgIpc) is 3.13. The van der Waals surface area contributed by atoms with E-state index in [4.69, 9.17) is 9.47 Å². The van der Waals surface area contributed by atoms with Crippen LogP contribution in [0.3, 0.4) is 0 Å². The van der Waals surface area contributed by atoms with Gasteiger partial charge >= 0.3 is 0 Å². The number of hydrogen-bond acceptors (Lipinski definition) is 6. The van der Waals surface area contributed by atoms with E-state index >= 15 is 0 Å². The van der Waals surface area contributed by atoms with E-state index < -0.39 is 17.7 Å². The summed E-state index contributed by atoms with van der Waals surface area (Å²) in [7, 11) is 6.97. The van der Waals surface area contributed by atoms with Crippen molar-refractivity contribution in [1.29, 1.82) is 0 Å². The lowest BCUT2D eigenvalue weighted by Gasteiger charge is -2.27. The number of likely N-dealkylation sites (tertiary alicyclic amines) is 1. The van der Waals surface area contributed by atoms with Crippen LogP contribution in [-0.2, 0) is 16.1 Å². The van der Waals surface area contributed by atoms with Gasteiger partial charge in [0.2, 0.25) is 0 Å². The number of benzene rings is 3. The van der Waals surface area contributed by atoms with Crippen molar-refractivity contribution >= 4 is 23.1 Å². The summed E-state index contributed by atoms with van der Waals surface area (Å²) >= 11 is 0. The molecule has 0 saturated carbocycles. The second kappa shape index (κ2) is 10.4. The molecule has 1 fully saturated rings. The number of hydrogen-bond donors (Lipinski definition) is 1. The predicted octanol–water partition coefficient (Wildman–Crippen LogP) is 5.01. The molecule has 4 rings (SSSR count). The molecule has 7 heteroatoms. The Bertz CT molecular complexity index is 1380. The van der Waals surface area contributed by atoms with Gasteiger partial charge in [0.15, 0.2) is 0 Å². The Morgan fingerprint density at radius 3 is 2.27 bits per heavy atom. The Hall–Kier alpha value is -4.26. The van der Waals surface area contributed by atoms with Crippen LogP contribution in [0.5, 0.6) is 11.5 Å². The van der Waals surface area contributed by atoms with Crippen molar-refractivity contribution in [3.05, 3.63) is 94.1 Å². The molecule has 7 nitrogen and oxygen atoms in total. The van der Waals surface area contributed by atoms with Gasteiger partial charge in [-0.1, -0.05) is 36.4 Å². The van der Waals surface area contributed by atoms with Crippen LogP contribution in [0.4, 0.5) is 5.69 Å². The van der Waals surface area contributed by atoms with Crippen molar-refractivity contribution in [3.8, 4) is 11.5 Å². The number of aryl methyl sites for hydroxylation is 2. The lowest BCUT2D eigenvalue weighted by molar-refractivity contribution is -0.140. The monoisotopic (exact) mass is 500 g/mol. The number of amides is 1. The third-order valence-corrected chi connectivity index (χ3v) is 6.68. The van der Waals surface area contributed by atoms with Crippen molar-refractivity contribution in [2.75, 3.05) is 33.2 Å². The number of methoxy groups -OCH3 is 2. The number of carbonyl (C=O) groups is 2. The van der Waals surface area contributed by atoms with Crippen molar-refractivity contribution in [2.45, 2.75) is 26.4 Å². The summed E-state index contributed by atoms with van der Waals surface area (Å²) in [4.78, 5) is 30.4. The molecule has 3 aromatic rings. The van der Waals surface area contributed by atoms with Crippen LogP contribution in [0.2, 0.25) is 0 Å². The number of ketones is 1. The Balaban J connectivity index is 1.93. The van der Waals surface area contributed by atoms with Gasteiger partial charge in [-0.15, -0.1) is 0 Å². The quantitative estimate of drug-likeness (QED) is 0.279. The highest BCUT2D eigenvalue weighted by Crippen LogP contribution is 2.43. The molecule has 0 aliphatic carbocycles. The summed E-state index contributed by atoms with van der Waals surface area (Å²) in [5.41, 5.74) is 4.57. The molecule has 0 bridgehead atoms. The summed E-state index contributed by atoms with van der Waals surface area (Å²) < 4.78 is 11.1. The van der Waals surface area contributed by atoms with E-state index in [0.29, 0.717) is 22.6 Å². The van der Waals surface area contributed by atoms with Crippen LogP contribution in [0, 0.1) is 13.8 Å². The highest BCUT2D eigenvalue weighted by molar-refractivity contribution is 6.46. The van der Waals surface area contributed by atoms with Crippen molar-refractivity contribution in [1.82, 2.24) is 4.90 Å². The number of para-hydroxylation sites is 1. The maximum Gasteiger partial charge on any atom is 0.295 e. The maximum atomic E-state index is 13.5. The number of aliphatic hydroxyl groups excluding tert-OH is 1. The standard InChI is InChI=1S/C30H32N2O5/c1-18-15-19(2)29(37-6)23(16-18)27(33)25-26(20-11-13-22(14-12-20)31(3)4)32(30(35)28(25)34)17-21-9-7-8-10-24(21)36-5/h7-16,26,33H,17H2,1-6H3/b27-25+. The molecule has 1 amide bonds. The third kappa shape index (κ3) is 4.77. The summed E-state index contributed by atoms with van der Waals surface area (Å²) in [6.07, 6.45) is 0. The molecule has 0 spiro atoms. The van der Waals surface area contributed by atoms with Gasteiger partial charge in [-0.2, -0.15) is 0 Å². The SMILES string of the molecule is COc1ccccc1CN1C(=O)C(=O)/C(=C(/O)c2cc(C)cc(C)c2OC)C1c1ccc(N(C)C)cc1. The third-order valence-electron chi connectivity index (χ3n) is 6.68. The van der Waals surface area contributed by atoms with Gasteiger partial charge in [0.05, 0.1) is 37.9 Å². The Kier molecular flexibility index (Phi) is 7.25. The van der Waals surface area contributed by atoms with E-state index in [-0.39, 0.29) is 17.9 Å². The highest BCUT2D eigenvalue weighted by atomic mass is 16.5. The zero-order valence-corrected chi connectivity index (χ0v) is 22.0. The molecular formula is C30H32N2O5. The van der Waals surface area contributed by atoms with E-state index in [0.717, 1.165) is 22.4 Å². The minimum atomic E-state index is -0.799. The molecule has 1 aliphatic heterocycles. The summed E-state index contributed by atoms with van der Waals surface area (Å²) in [5.74, 6) is -0.609. The van der Waals surface area contributed by atoms with E-state index in [2.05, 4.69) is 0 Å². The lowest BCUT2D eigenvalue weighted by atomic mass is 9.93. The number of ether oxygens (including phenoxy) is 2. The summed E-state index contributed by atoms with van der Waals surface area (Å²) in [6, 6.07) is 17.9. The Labute approximate surface area is 217 Å². The largest absolute Gasteiger partial charge is 0.507 e. The van der Waals surface area contributed by atoms with E-state index in [1.165, 1.54) is 12.0 Å². The van der Waals surface area contributed by atoms with Gasteiger partial charge in [0, 0.05) is 25.3 Å². The Morgan fingerprint density at radius 1 is 0.973 bits per heavy atom. The van der Waals surface area contributed by atoms with Crippen molar-refractivity contribution in [3.63, 3.8) is 0 Å². The van der Waals surface area contributed by atoms with Crippen molar-refractivity contribution < 1.29 is 24.2 Å². The second-order valence-electron chi connectivity index (χ2n) is 9.39. The first-order valence-electron chi connectivity index (χ1n) is 12.0. The molecule has 0 radical (unpaired) electrons. The normalized spacial score (nSPS) is 16.7. The topological polar surface area (TPSA) is 79.3 Å². The first-order chi connectivity index (χ1) is 17.7. The van der Waals surface area contributed by atoms with E-state index in [1.54, 1.807) is 13.2 Å². The number of carbonyl (C=O) groups excluding carboxylic acids is 2. The molecular weight excluding hydrogens is 468 g/mol. The van der Waals surface area contributed by atoms with Crippen LogP contribution in [-0.4, -0.2) is 50.0 Å². The smallest absolute Gasteiger partial charge is 0.295 e. The molecule has 1 atom stereocenters. The number of anilines is 1. The predicted molar refractivity (Wildman–Crippen MR) is 144 cm³/mol. The van der Waals surface area contributed by atoms with Gasteiger partial charge in [-0.3, -0.25) is 9.59 Å². The fourth-order valence-corrected chi connectivity index (χ4v) is 4.91. The highest BCUT2D eigenvalue weighted by Gasteiger charge is 2.46. The van der Waals surface area contributed by atoms with Gasteiger partial charge in [-0.25, -0.2) is 0 Å². The molecule has 192 valence electrons. The van der Waals surface area contributed by atoms with Gasteiger partial charge in [-0.05, 0) is 54.8 Å². The fraction of sp³-hybridized carbons (Fsp3) is 0.267. The molecule has 1 unspecified atom stereocenters. The molecule has 0 aromatic heterocycles. The number of nitrogens with zero attached hydrogens (tertiary/aromatic N) is 2. The number of Topliss-reactive ketones (excluding diaryl/α,β-unsaturated/α-hetero) is 1. The van der Waals surface area contributed by atoms with Crippen molar-refractivity contribution in [2.24, 2.45) is 0 Å². The average molecular weight is 501 g/mol. The van der Waals surface area contributed by atoms with Crippen LogP contribution < -0.4 is 14.4 Å². The van der Waals surface area contributed by atoms with Crippen LogP contribution in [0.15, 0.2) is 66.2 Å². The van der Waals surface area contributed by atoms with E-state index in [1.807, 2.05) is 87.4 Å². The first kappa shape index (κ1) is 25.8. The maximum absolute atomic E-state index is 13.5. The first-order valence-corrected chi connectivity index (χ1v) is 12.0. The van der Waals surface area contributed by atoms with Gasteiger partial charge in [0.1, 0.15) is 17.3 Å². The molecule has 37 heavy (non-hydrogen) atoms. The lowest BCUT2D eigenvalue weighted by Crippen LogP contribution is -2.29. The summed E-state index contributed by atoms with van der Waals surface area (Å²) in [6.45, 7) is 3.91. The minimum Gasteiger partial charge on any atom is -0.507 e. The molecule has 1 saturated heterocycles. The van der Waals surface area contributed by atoms with Crippen LogP contribution >= 0.6 is 0 Å². The fourth-order valence-electron chi connectivity index (χ4n) is 4.91. The van der Waals surface area contributed by atoms with E-state index in [9.17, 15) is 14.7 Å². The summed E-state index contributed by atoms with van der Waals surface area (Å²) in [5, 5.41) is 11.6. The number of rotatable bonds is 7. The molecule has 1 N–H and O–H groups in total. The second-order valence-corrected chi connectivity index (χ2v) is 9.39. The number of aliphatic hydroxyl groups is 1. The molecule has 1 heterocycles. The molecule has 3 aromatic carbocycles. The zero-order chi connectivity index (χ0) is 26.9. The minimum absolute atomic E-state index is 0.0285. The van der Waals surface area contributed by atoms with Crippen LogP contribution in [0.1, 0.15) is 33.9 Å². The molecule has 1 aliphatic rings. The van der Waals surface area contributed by atoms with Gasteiger partial charge < -0.3 is 24.4 Å². The van der Waals surface area contributed by atoms with Gasteiger partial charge in [0.25, 0.3) is 11.7 Å².